The summed E-state index contributed by atoms with van der Waals surface area (Å²) in [5.74, 6) is 2.16. The van der Waals surface area contributed by atoms with Crippen molar-refractivity contribution in [3.8, 4) is 5.75 Å². The van der Waals surface area contributed by atoms with E-state index in [1.807, 2.05) is 38.1 Å². The first-order valence-electron chi connectivity index (χ1n) is 6.88. The Morgan fingerprint density at radius 2 is 2.19 bits per heavy atom. The first-order valence-corrected chi connectivity index (χ1v) is 6.88. The van der Waals surface area contributed by atoms with E-state index < -0.39 is 0 Å². The Bertz CT molecular complexity index is 607. The van der Waals surface area contributed by atoms with Crippen molar-refractivity contribution in [2.24, 2.45) is 0 Å². The van der Waals surface area contributed by atoms with E-state index in [4.69, 9.17) is 14.9 Å². The van der Waals surface area contributed by atoms with Crippen LogP contribution in [0.25, 0.3) is 0 Å². The largest absolute Gasteiger partial charge is 0.493 e. The van der Waals surface area contributed by atoms with E-state index >= 15 is 0 Å². The standard InChI is InChI=1S/C16H20N2O3/c1-11-6-7-15(21-11)12(2)18-16(19)8-9-20-14-5-3-4-13(17)10-14/h3-7,10,12H,8-9,17H2,1-2H3,(H,18,19). The van der Waals surface area contributed by atoms with Crippen LogP contribution in [0.2, 0.25) is 0 Å². The highest BCUT2D eigenvalue weighted by molar-refractivity contribution is 5.76. The molecule has 2 aromatic rings. The molecule has 112 valence electrons. The highest BCUT2D eigenvalue weighted by Crippen LogP contribution is 2.16. The maximum atomic E-state index is 11.8. The Morgan fingerprint density at radius 1 is 1.38 bits per heavy atom. The van der Waals surface area contributed by atoms with Gasteiger partial charge in [-0.2, -0.15) is 0 Å². The molecule has 1 unspecified atom stereocenters. The summed E-state index contributed by atoms with van der Waals surface area (Å²) >= 11 is 0. The Labute approximate surface area is 124 Å². The molecule has 1 heterocycles. The molecule has 2 rings (SSSR count). The number of aryl methyl sites for hydroxylation is 1. The number of furan rings is 1. The maximum Gasteiger partial charge on any atom is 0.224 e. The maximum absolute atomic E-state index is 11.8. The van der Waals surface area contributed by atoms with E-state index in [1.54, 1.807) is 12.1 Å². The number of anilines is 1. The molecule has 0 aliphatic heterocycles. The molecule has 0 radical (unpaired) electrons. The number of rotatable bonds is 6. The molecular weight excluding hydrogens is 268 g/mol. The fourth-order valence-electron chi connectivity index (χ4n) is 1.94. The van der Waals surface area contributed by atoms with Gasteiger partial charge in [0.15, 0.2) is 0 Å². The number of nitrogen functional groups attached to an aromatic ring is 1. The zero-order valence-corrected chi connectivity index (χ0v) is 12.3. The predicted molar refractivity (Wildman–Crippen MR) is 81.0 cm³/mol. The quantitative estimate of drug-likeness (QED) is 0.801. The van der Waals surface area contributed by atoms with Crippen LogP contribution >= 0.6 is 0 Å². The molecule has 1 amide bonds. The lowest BCUT2D eigenvalue weighted by Crippen LogP contribution is -2.27. The van der Waals surface area contributed by atoms with E-state index in [0.29, 0.717) is 18.0 Å². The monoisotopic (exact) mass is 288 g/mol. The molecule has 3 N–H and O–H groups in total. The molecule has 21 heavy (non-hydrogen) atoms. The minimum Gasteiger partial charge on any atom is -0.493 e. The van der Waals surface area contributed by atoms with Gasteiger partial charge in [-0.15, -0.1) is 0 Å². The average Bonchev–Trinajstić information content (AvgIpc) is 2.85. The van der Waals surface area contributed by atoms with Crippen molar-refractivity contribution in [2.75, 3.05) is 12.3 Å². The van der Waals surface area contributed by atoms with Crippen LogP contribution in [0.15, 0.2) is 40.8 Å². The number of hydrogen-bond donors (Lipinski definition) is 2. The smallest absolute Gasteiger partial charge is 0.224 e. The van der Waals surface area contributed by atoms with Crippen LogP contribution in [0.5, 0.6) is 5.75 Å². The van der Waals surface area contributed by atoms with Gasteiger partial charge in [0.2, 0.25) is 5.91 Å². The lowest BCUT2D eigenvalue weighted by molar-refractivity contribution is -0.122. The van der Waals surface area contributed by atoms with Gasteiger partial charge in [-0.3, -0.25) is 4.79 Å². The summed E-state index contributed by atoms with van der Waals surface area (Å²) in [7, 11) is 0. The molecule has 5 heteroatoms. The number of nitrogens with two attached hydrogens (primary N) is 1. The Hall–Kier alpha value is -2.43. The van der Waals surface area contributed by atoms with Gasteiger partial charge in [0.1, 0.15) is 17.3 Å². The molecule has 1 aromatic carbocycles. The topological polar surface area (TPSA) is 77.5 Å². The molecule has 5 nitrogen and oxygen atoms in total. The highest BCUT2D eigenvalue weighted by Gasteiger charge is 2.12. The third-order valence-electron chi connectivity index (χ3n) is 3.02. The van der Waals surface area contributed by atoms with Crippen molar-refractivity contribution in [1.29, 1.82) is 0 Å². The van der Waals surface area contributed by atoms with Crippen molar-refractivity contribution in [3.05, 3.63) is 47.9 Å². The molecule has 0 saturated heterocycles. The molecule has 1 aromatic heterocycles. The number of carbonyl (C=O) groups is 1. The average molecular weight is 288 g/mol. The van der Waals surface area contributed by atoms with Crippen molar-refractivity contribution in [2.45, 2.75) is 26.3 Å². The van der Waals surface area contributed by atoms with Gasteiger partial charge in [0.25, 0.3) is 0 Å². The predicted octanol–water partition coefficient (Wildman–Crippen LogP) is 2.82. The first kappa shape index (κ1) is 15.0. The molecule has 0 fully saturated rings. The van der Waals surface area contributed by atoms with Crippen LogP contribution in [-0.2, 0) is 4.79 Å². The highest BCUT2D eigenvalue weighted by atomic mass is 16.5. The van der Waals surface area contributed by atoms with Gasteiger partial charge in [-0.1, -0.05) is 6.07 Å². The molecule has 0 saturated carbocycles. The summed E-state index contributed by atoms with van der Waals surface area (Å²) in [6.07, 6.45) is 0.277. The third kappa shape index (κ3) is 4.56. The normalized spacial score (nSPS) is 11.9. The summed E-state index contributed by atoms with van der Waals surface area (Å²) in [5.41, 5.74) is 6.29. The van der Waals surface area contributed by atoms with E-state index in [0.717, 1.165) is 11.5 Å². The van der Waals surface area contributed by atoms with E-state index in [2.05, 4.69) is 5.32 Å². The number of carbonyl (C=O) groups excluding carboxylic acids is 1. The van der Waals surface area contributed by atoms with Crippen LogP contribution in [0.1, 0.15) is 30.9 Å². The van der Waals surface area contributed by atoms with Crippen molar-refractivity contribution < 1.29 is 13.9 Å². The Morgan fingerprint density at radius 3 is 2.86 bits per heavy atom. The van der Waals surface area contributed by atoms with Gasteiger partial charge in [0, 0.05) is 11.8 Å². The minimum absolute atomic E-state index is 0.0829. The molecule has 0 bridgehead atoms. The second kappa shape index (κ2) is 6.83. The van der Waals surface area contributed by atoms with Crippen molar-refractivity contribution in [3.63, 3.8) is 0 Å². The number of ether oxygens (including phenoxy) is 1. The number of nitrogens with one attached hydrogen (secondary N) is 1. The summed E-state index contributed by atoms with van der Waals surface area (Å²) in [4.78, 5) is 11.8. The minimum atomic E-state index is -0.154. The summed E-state index contributed by atoms with van der Waals surface area (Å²) in [6.45, 7) is 4.06. The first-order chi connectivity index (χ1) is 10.0. The van der Waals surface area contributed by atoms with Crippen LogP contribution in [0.4, 0.5) is 5.69 Å². The lowest BCUT2D eigenvalue weighted by Gasteiger charge is -2.12. The van der Waals surface area contributed by atoms with Gasteiger partial charge in [-0.05, 0) is 38.1 Å². The zero-order chi connectivity index (χ0) is 15.2. The van der Waals surface area contributed by atoms with Crippen LogP contribution in [-0.4, -0.2) is 12.5 Å². The van der Waals surface area contributed by atoms with Crippen LogP contribution < -0.4 is 15.8 Å². The second-order valence-electron chi connectivity index (χ2n) is 4.91. The van der Waals surface area contributed by atoms with Gasteiger partial charge < -0.3 is 20.2 Å². The number of amides is 1. The third-order valence-corrected chi connectivity index (χ3v) is 3.02. The zero-order valence-electron chi connectivity index (χ0n) is 12.3. The molecule has 1 atom stereocenters. The van der Waals surface area contributed by atoms with Crippen molar-refractivity contribution in [1.82, 2.24) is 5.32 Å². The van der Waals surface area contributed by atoms with Gasteiger partial charge in [-0.25, -0.2) is 0 Å². The number of benzene rings is 1. The Balaban J connectivity index is 1.75. The molecule has 0 spiro atoms. The molecule has 0 aliphatic rings. The van der Waals surface area contributed by atoms with Gasteiger partial charge in [0.05, 0.1) is 19.1 Å². The summed E-state index contributed by atoms with van der Waals surface area (Å²) in [5, 5.41) is 2.87. The van der Waals surface area contributed by atoms with Gasteiger partial charge >= 0.3 is 0 Å². The number of hydrogen-bond acceptors (Lipinski definition) is 4. The molecule has 0 aliphatic carbocycles. The fraction of sp³-hybridized carbons (Fsp3) is 0.312. The summed E-state index contributed by atoms with van der Waals surface area (Å²) < 4.78 is 11.0. The van der Waals surface area contributed by atoms with Crippen molar-refractivity contribution >= 4 is 11.6 Å². The fourth-order valence-corrected chi connectivity index (χ4v) is 1.94. The van der Waals surface area contributed by atoms with E-state index in [9.17, 15) is 4.79 Å². The lowest BCUT2D eigenvalue weighted by atomic mass is 10.2. The SMILES string of the molecule is Cc1ccc(C(C)NC(=O)CCOc2cccc(N)c2)o1. The van der Waals surface area contributed by atoms with E-state index in [1.165, 1.54) is 0 Å². The second-order valence-corrected chi connectivity index (χ2v) is 4.91. The Kier molecular flexibility index (Phi) is 4.87. The summed E-state index contributed by atoms with van der Waals surface area (Å²) in [6, 6.07) is 10.7. The van der Waals surface area contributed by atoms with Crippen LogP contribution in [0, 0.1) is 6.92 Å². The van der Waals surface area contributed by atoms with Crippen LogP contribution in [0.3, 0.4) is 0 Å². The van der Waals surface area contributed by atoms with E-state index in [-0.39, 0.29) is 18.4 Å². The molecular formula is C16H20N2O3.